The zero-order chi connectivity index (χ0) is 25.8. The first-order valence-electron chi connectivity index (χ1n) is 10.3. The Kier molecular flexibility index (Phi) is 11.2. The van der Waals surface area contributed by atoms with Gasteiger partial charge in [0.05, 0.1) is 12.5 Å². The van der Waals surface area contributed by atoms with Crippen molar-refractivity contribution < 1.29 is 39.0 Å². The van der Waals surface area contributed by atoms with E-state index in [9.17, 15) is 33.9 Å². The third-order valence-electron chi connectivity index (χ3n) is 4.63. The molecule has 34 heavy (non-hydrogen) atoms. The predicted octanol–water partition coefficient (Wildman–Crippen LogP) is -2.14. The van der Waals surface area contributed by atoms with Crippen molar-refractivity contribution in [1.82, 2.24) is 16.0 Å². The highest BCUT2D eigenvalue weighted by Crippen LogP contribution is 2.06. The number of nitrogens with one attached hydrogen (secondary N) is 3. The van der Waals surface area contributed by atoms with Crippen molar-refractivity contribution in [2.45, 2.75) is 56.8 Å². The highest BCUT2D eigenvalue weighted by atomic mass is 16.4. The van der Waals surface area contributed by atoms with Crippen molar-refractivity contribution in [1.29, 1.82) is 0 Å². The molecule has 4 unspecified atom stereocenters. The normalized spacial score (nSPS) is 14.1. The molecule has 0 bridgehead atoms. The molecule has 1 aromatic carbocycles. The predicted molar refractivity (Wildman–Crippen MR) is 118 cm³/mol. The second kappa shape index (κ2) is 13.5. The van der Waals surface area contributed by atoms with Crippen LogP contribution in [0.5, 0.6) is 0 Å². The Bertz CT molecular complexity index is 906. The standard InChI is InChI=1S/C21H29N5O8/c1-11(22)18(30)24-13(7-8-16(23)27)19(31)25-14(10-17(28)29)20(32)26-15(21(33)34)9-12-5-3-2-4-6-12/h2-6,11,13-15H,7-10,22H2,1H3,(H2,23,27)(H,24,30)(H,25,31)(H,26,32)(H,28,29)(H,33,34). The quantitative estimate of drug-likeness (QED) is 0.154. The van der Waals surface area contributed by atoms with E-state index in [0.29, 0.717) is 5.56 Å². The van der Waals surface area contributed by atoms with Crippen LogP contribution in [0.1, 0.15) is 31.7 Å². The number of carbonyl (C=O) groups is 6. The molecule has 0 radical (unpaired) electrons. The Morgan fingerprint density at radius 3 is 1.88 bits per heavy atom. The molecule has 0 aliphatic carbocycles. The number of primary amides is 1. The number of rotatable bonds is 14. The molecular formula is C21H29N5O8. The Morgan fingerprint density at radius 1 is 0.853 bits per heavy atom. The van der Waals surface area contributed by atoms with Crippen molar-refractivity contribution in [3.63, 3.8) is 0 Å². The van der Waals surface area contributed by atoms with Crippen molar-refractivity contribution in [2.24, 2.45) is 11.5 Å². The molecule has 9 N–H and O–H groups in total. The van der Waals surface area contributed by atoms with E-state index in [1.165, 1.54) is 6.92 Å². The molecular weight excluding hydrogens is 450 g/mol. The second-order valence-corrected chi connectivity index (χ2v) is 7.60. The molecule has 0 aliphatic rings. The van der Waals surface area contributed by atoms with E-state index >= 15 is 0 Å². The fraction of sp³-hybridized carbons (Fsp3) is 0.429. The number of amides is 4. The highest BCUT2D eigenvalue weighted by Gasteiger charge is 2.31. The topological polar surface area (TPSA) is 231 Å². The minimum Gasteiger partial charge on any atom is -0.481 e. The molecule has 0 aliphatic heterocycles. The average molecular weight is 479 g/mol. The lowest BCUT2D eigenvalue weighted by molar-refractivity contribution is -0.143. The average Bonchev–Trinajstić information content (AvgIpc) is 2.75. The van der Waals surface area contributed by atoms with E-state index < -0.39 is 66.2 Å². The molecule has 4 atom stereocenters. The van der Waals surface area contributed by atoms with Gasteiger partial charge in [-0.25, -0.2) is 4.79 Å². The molecule has 4 amide bonds. The van der Waals surface area contributed by atoms with Gasteiger partial charge in [-0.05, 0) is 18.9 Å². The first kappa shape index (κ1) is 28.0. The van der Waals surface area contributed by atoms with Gasteiger partial charge in [0.25, 0.3) is 0 Å². The summed E-state index contributed by atoms with van der Waals surface area (Å²) < 4.78 is 0. The van der Waals surface area contributed by atoms with E-state index in [-0.39, 0.29) is 19.3 Å². The van der Waals surface area contributed by atoms with Crippen molar-refractivity contribution >= 4 is 35.6 Å². The fourth-order valence-corrected chi connectivity index (χ4v) is 2.84. The Hall–Kier alpha value is -4.00. The maximum atomic E-state index is 12.7. The lowest BCUT2D eigenvalue weighted by Crippen LogP contribution is -2.57. The molecule has 0 saturated carbocycles. The van der Waals surface area contributed by atoms with Crippen LogP contribution < -0.4 is 27.4 Å². The fourth-order valence-electron chi connectivity index (χ4n) is 2.84. The molecule has 1 rings (SSSR count). The summed E-state index contributed by atoms with van der Waals surface area (Å²) in [5.41, 5.74) is 11.2. The minimum atomic E-state index is -1.66. The Morgan fingerprint density at radius 2 is 1.38 bits per heavy atom. The van der Waals surface area contributed by atoms with Crippen LogP contribution in [0.25, 0.3) is 0 Å². The van der Waals surface area contributed by atoms with Gasteiger partial charge in [0, 0.05) is 12.8 Å². The van der Waals surface area contributed by atoms with Crippen LogP contribution in [0.3, 0.4) is 0 Å². The molecule has 0 fully saturated rings. The van der Waals surface area contributed by atoms with E-state index in [4.69, 9.17) is 16.6 Å². The SMILES string of the molecule is CC(N)C(=O)NC(CCC(N)=O)C(=O)NC(CC(=O)O)C(=O)NC(Cc1ccccc1)C(=O)O. The summed E-state index contributed by atoms with van der Waals surface area (Å²) in [5.74, 6) is -6.29. The van der Waals surface area contributed by atoms with E-state index in [1.54, 1.807) is 30.3 Å². The number of carboxylic acid groups (broad SMARTS) is 2. The van der Waals surface area contributed by atoms with Gasteiger partial charge < -0.3 is 37.6 Å². The van der Waals surface area contributed by atoms with Gasteiger partial charge in [0.15, 0.2) is 0 Å². The van der Waals surface area contributed by atoms with E-state index in [0.717, 1.165) is 0 Å². The van der Waals surface area contributed by atoms with Crippen LogP contribution in [0.4, 0.5) is 0 Å². The van der Waals surface area contributed by atoms with Gasteiger partial charge in [-0.1, -0.05) is 30.3 Å². The Labute approximate surface area is 195 Å². The number of carbonyl (C=O) groups excluding carboxylic acids is 4. The lowest BCUT2D eigenvalue weighted by Gasteiger charge is -2.24. The number of hydrogen-bond acceptors (Lipinski definition) is 7. The smallest absolute Gasteiger partial charge is 0.326 e. The Balaban J connectivity index is 3.00. The molecule has 13 nitrogen and oxygen atoms in total. The summed E-state index contributed by atoms with van der Waals surface area (Å²) in [7, 11) is 0. The first-order chi connectivity index (χ1) is 15.9. The molecule has 13 heteroatoms. The van der Waals surface area contributed by atoms with Crippen LogP contribution in [0.15, 0.2) is 30.3 Å². The zero-order valence-electron chi connectivity index (χ0n) is 18.5. The number of hydrogen-bond donors (Lipinski definition) is 7. The number of carboxylic acids is 2. The van der Waals surface area contributed by atoms with E-state index in [1.807, 2.05) is 0 Å². The summed E-state index contributed by atoms with van der Waals surface area (Å²) in [4.78, 5) is 71.3. The summed E-state index contributed by atoms with van der Waals surface area (Å²) in [6.45, 7) is 1.36. The van der Waals surface area contributed by atoms with Gasteiger partial charge in [0.2, 0.25) is 23.6 Å². The summed E-state index contributed by atoms with van der Waals surface area (Å²) >= 11 is 0. The highest BCUT2D eigenvalue weighted by molar-refractivity contribution is 5.95. The zero-order valence-corrected chi connectivity index (χ0v) is 18.5. The molecule has 0 heterocycles. The van der Waals surface area contributed by atoms with Crippen LogP contribution in [0, 0.1) is 0 Å². The largest absolute Gasteiger partial charge is 0.481 e. The lowest BCUT2D eigenvalue weighted by atomic mass is 10.0. The number of nitrogens with two attached hydrogens (primary N) is 2. The molecule has 0 spiro atoms. The van der Waals surface area contributed by atoms with Crippen molar-refractivity contribution in [2.75, 3.05) is 0 Å². The summed E-state index contributed by atoms with van der Waals surface area (Å²) in [6.07, 6.45) is -1.46. The first-order valence-corrected chi connectivity index (χ1v) is 10.3. The maximum absolute atomic E-state index is 12.7. The van der Waals surface area contributed by atoms with Gasteiger partial charge in [-0.3, -0.25) is 24.0 Å². The van der Waals surface area contributed by atoms with Gasteiger partial charge in [0.1, 0.15) is 18.1 Å². The maximum Gasteiger partial charge on any atom is 0.326 e. The van der Waals surface area contributed by atoms with E-state index in [2.05, 4.69) is 16.0 Å². The van der Waals surface area contributed by atoms with Crippen LogP contribution >= 0.6 is 0 Å². The molecule has 186 valence electrons. The number of aliphatic carboxylic acids is 2. The monoisotopic (exact) mass is 479 g/mol. The summed E-state index contributed by atoms with van der Waals surface area (Å²) in [6, 6.07) is 3.03. The summed E-state index contributed by atoms with van der Waals surface area (Å²) in [5, 5.41) is 25.4. The van der Waals surface area contributed by atoms with Crippen LogP contribution in [0.2, 0.25) is 0 Å². The van der Waals surface area contributed by atoms with Crippen LogP contribution in [-0.2, 0) is 35.2 Å². The minimum absolute atomic E-state index is 0.0820. The van der Waals surface area contributed by atoms with Crippen molar-refractivity contribution in [3.8, 4) is 0 Å². The molecule has 1 aromatic rings. The van der Waals surface area contributed by atoms with Gasteiger partial charge in [-0.15, -0.1) is 0 Å². The van der Waals surface area contributed by atoms with Gasteiger partial charge in [-0.2, -0.15) is 0 Å². The molecule has 0 saturated heterocycles. The third kappa shape index (κ3) is 10.1. The molecule has 0 aromatic heterocycles. The van der Waals surface area contributed by atoms with Crippen LogP contribution in [-0.4, -0.2) is 69.9 Å². The van der Waals surface area contributed by atoms with Gasteiger partial charge >= 0.3 is 11.9 Å². The number of benzene rings is 1. The second-order valence-electron chi connectivity index (χ2n) is 7.60. The van der Waals surface area contributed by atoms with Crippen molar-refractivity contribution in [3.05, 3.63) is 35.9 Å². The third-order valence-corrected chi connectivity index (χ3v) is 4.63.